The minimum Gasteiger partial charge on any atom is -0.467 e. The van der Waals surface area contributed by atoms with Crippen molar-refractivity contribution in [3.05, 3.63) is 30.3 Å². The van der Waals surface area contributed by atoms with Crippen molar-refractivity contribution in [2.24, 2.45) is 5.92 Å². The fourth-order valence-electron chi connectivity index (χ4n) is 2.73. The third-order valence-corrected chi connectivity index (χ3v) is 3.94. The molecule has 0 aromatic heterocycles. The average Bonchev–Trinajstić information content (AvgIpc) is 2.60. The standard InChI is InChI=1S/C17H21NO5/c1-22-16(20)14(15(19)12-8-4-2-5-9-12)18-17(21)23-13-10-6-3-7-11-13/h3,6-7,10-12,14H,2,4-5,8-9H2,1H3,(H,18,21). The molecule has 0 bridgehead atoms. The van der Waals surface area contributed by atoms with Crippen LogP contribution >= 0.6 is 0 Å². The first kappa shape index (κ1) is 17.0. The number of amides is 1. The summed E-state index contributed by atoms with van der Waals surface area (Å²) in [6.07, 6.45) is 3.63. The fourth-order valence-corrected chi connectivity index (χ4v) is 2.73. The van der Waals surface area contributed by atoms with Crippen molar-refractivity contribution in [1.29, 1.82) is 0 Å². The van der Waals surface area contributed by atoms with E-state index >= 15 is 0 Å². The van der Waals surface area contributed by atoms with E-state index in [4.69, 9.17) is 4.74 Å². The monoisotopic (exact) mass is 319 g/mol. The zero-order valence-corrected chi connectivity index (χ0v) is 13.1. The van der Waals surface area contributed by atoms with Crippen molar-refractivity contribution in [3.8, 4) is 5.75 Å². The van der Waals surface area contributed by atoms with Gasteiger partial charge in [0.15, 0.2) is 11.8 Å². The van der Waals surface area contributed by atoms with E-state index in [-0.39, 0.29) is 11.7 Å². The number of carbonyl (C=O) groups is 3. The first-order valence-corrected chi connectivity index (χ1v) is 7.76. The molecular weight excluding hydrogens is 298 g/mol. The summed E-state index contributed by atoms with van der Waals surface area (Å²) in [6, 6.07) is 7.11. The molecule has 1 amide bonds. The Hall–Kier alpha value is -2.37. The number of Topliss-reactive ketones (excluding diaryl/α,β-unsaturated/α-hetero) is 1. The number of nitrogens with one attached hydrogen (secondary N) is 1. The highest BCUT2D eigenvalue weighted by Gasteiger charge is 2.35. The van der Waals surface area contributed by atoms with Crippen LogP contribution < -0.4 is 10.1 Å². The highest BCUT2D eigenvalue weighted by atomic mass is 16.6. The summed E-state index contributed by atoms with van der Waals surface area (Å²) < 4.78 is 9.71. The van der Waals surface area contributed by atoms with Crippen LogP contribution in [0.4, 0.5) is 4.79 Å². The molecule has 1 aromatic rings. The smallest absolute Gasteiger partial charge is 0.413 e. The van der Waals surface area contributed by atoms with Crippen molar-refractivity contribution in [1.82, 2.24) is 5.32 Å². The van der Waals surface area contributed by atoms with Gasteiger partial charge in [-0.2, -0.15) is 0 Å². The second-order valence-corrected chi connectivity index (χ2v) is 5.54. The van der Waals surface area contributed by atoms with E-state index in [9.17, 15) is 14.4 Å². The predicted octanol–water partition coefficient (Wildman–Crippen LogP) is 2.47. The molecule has 1 saturated carbocycles. The maximum Gasteiger partial charge on any atom is 0.413 e. The summed E-state index contributed by atoms with van der Waals surface area (Å²) in [4.78, 5) is 36.3. The fraction of sp³-hybridized carbons (Fsp3) is 0.471. The second kappa shape index (κ2) is 8.31. The maximum atomic E-state index is 12.5. The molecular formula is C17H21NO5. The predicted molar refractivity (Wildman–Crippen MR) is 83.0 cm³/mol. The number of esters is 1. The molecule has 1 aromatic carbocycles. The number of ether oxygens (including phenoxy) is 2. The normalized spacial score (nSPS) is 16.2. The number of methoxy groups -OCH3 is 1. The molecule has 23 heavy (non-hydrogen) atoms. The average molecular weight is 319 g/mol. The Morgan fingerprint density at radius 1 is 1.09 bits per heavy atom. The molecule has 1 N–H and O–H groups in total. The molecule has 1 fully saturated rings. The lowest BCUT2D eigenvalue weighted by Crippen LogP contribution is -2.50. The molecule has 0 heterocycles. The zero-order valence-electron chi connectivity index (χ0n) is 13.1. The molecule has 1 atom stereocenters. The lowest BCUT2D eigenvalue weighted by Gasteiger charge is -2.24. The van der Waals surface area contributed by atoms with Gasteiger partial charge in [-0.1, -0.05) is 37.5 Å². The Balaban J connectivity index is 2.01. The summed E-state index contributed by atoms with van der Waals surface area (Å²) in [5, 5.41) is 2.33. The minimum atomic E-state index is -1.32. The number of ketones is 1. The zero-order chi connectivity index (χ0) is 16.7. The highest BCUT2D eigenvalue weighted by Crippen LogP contribution is 2.25. The van der Waals surface area contributed by atoms with Crippen LogP contribution in [0.25, 0.3) is 0 Å². The van der Waals surface area contributed by atoms with E-state index in [1.165, 1.54) is 7.11 Å². The van der Waals surface area contributed by atoms with Crippen LogP contribution in [0, 0.1) is 5.92 Å². The quantitative estimate of drug-likeness (QED) is 0.666. The van der Waals surface area contributed by atoms with Crippen molar-refractivity contribution in [3.63, 3.8) is 0 Å². The van der Waals surface area contributed by atoms with Gasteiger partial charge in [0.1, 0.15) is 5.75 Å². The molecule has 124 valence electrons. The molecule has 0 aliphatic heterocycles. The number of hydrogen-bond acceptors (Lipinski definition) is 5. The Morgan fingerprint density at radius 2 is 1.74 bits per heavy atom. The number of carbonyl (C=O) groups excluding carboxylic acids is 3. The Labute approximate surface area is 135 Å². The number of rotatable bonds is 5. The Bertz CT molecular complexity index is 551. The SMILES string of the molecule is COC(=O)C(NC(=O)Oc1ccccc1)C(=O)C1CCCCC1. The Kier molecular flexibility index (Phi) is 6.14. The van der Waals surface area contributed by atoms with Gasteiger partial charge in [0.2, 0.25) is 0 Å². The van der Waals surface area contributed by atoms with Crippen LogP contribution in [0.3, 0.4) is 0 Å². The number of hydrogen-bond donors (Lipinski definition) is 1. The summed E-state index contributed by atoms with van der Waals surface area (Å²) in [5.74, 6) is -0.962. The van der Waals surface area contributed by atoms with Crippen LogP contribution in [-0.2, 0) is 14.3 Å². The highest BCUT2D eigenvalue weighted by molar-refractivity contribution is 6.06. The van der Waals surface area contributed by atoms with Gasteiger partial charge in [0.05, 0.1) is 7.11 Å². The van der Waals surface area contributed by atoms with Crippen LogP contribution in [0.5, 0.6) is 5.75 Å². The Morgan fingerprint density at radius 3 is 2.35 bits per heavy atom. The maximum absolute atomic E-state index is 12.5. The van der Waals surface area contributed by atoms with E-state index in [0.29, 0.717) is 5.75 Å². The molecule has 2 rings (SSSR count). The molecule has 1 aliphatic rings. The van der Waals surface area contributed by atoms with Crippen LogP contribution in [0.15, 0.2) is 30.3 Å². The van der Waals surface area contributed by atoms with Gasteiger partial charge >= 0.3 is 12.1 Å². The van der Waals surface area contributed by atoms with Crippen molar-refractivity contribution < 1.29 is 23.9 Å². The molecule has 0 spiro atoms. The van der Waals surface area contributed by atoms with Gasteiger partial charge in [-0.15, -0.1) is 0 Å². The third kappa shape index (κ3) is 4.81. The summed E-state index contributed by atoms with van der Waals surface area (Å²) in [5.41, 5.74) is 0. The summed E-state index contributed by atoms with van der Waals surface area (Å²) in [6.45, 7) is 0. The van der Waals surface area contributed by atoms with Gasteiger partial charge < -0.3 is 14.8 Å². The van der Waals surface area contributed by atoms with Crippen LogP contribution in [0.1, 0.15) is 32.1 Å². The second-order valence-electron chi connectivity index (χ2n) is 5.54. The molecule has 1 aliphatic carbocycles. The van der Waals surface area contributed by atoms with Gasteiger partial charge in [-0.3, -0.25) is 4.79 Å². The minimum absolute atomic E-state index is 0.218. The van der Waals surface area contributed by atoms with Gasteiger partial charge in [0, 0.05) is 5.92 Å². The molecule has 1 unspecified atom stereocenters. The van der Waals surface area contributed by atoms with E-state index in [0.717, 1.165) is 32.1 Å². The molecule has 6 nitrogen and oxygen atoms in total. The molecule has 0 saturated heterocycles. The number of benzene rings is 1. The summed E-state index contributed by atoms with van der Waals surface area (Å²) in [7, 11) is 1.19. The van der Waals surface area contributed by atoms with Crippen molar-refractivity contribution in [2.45, 2.75) is 38.1 Å². The van der Waals surface area contributed by atoms with Gasteiger partial charge in [-0.05, 0) is 25.0 Å². The first-order valence-electron chi connectivity index (χ1n) is 7.76. The first-order chi connectivity index (χ1) is 11.1. The van der Waals surface area contributed by atoms with Crippen molar-refractivity contribution in [2.75, 3.05) is 7.11 Å². The lowest BCUT2D eigenvalue weighted by molar-refractivity contribution is -0.147. The van der Waals surface area contributed by atoms with Gasteiger partial charge in [-0.25, -0.2) is 9.59 Å². The van der Waals surface area contributed by atoms with Crippen LogP contribution in [-0.4, -0.2) is 31.0 Å². The topological polar surface area (TPSA) is 81.7 Å². The lowest BCUT2D eigenvalue weighted by atomic mass is 9.84. The molecule has 0 radical (unpaired) electrons. The van der Waals surface area contributed by atoms with E-state index in [1.54, 1.807) is 30.3 Å². The third-order valence-electron chi connectivity index (χ3n) is 3.94. The molecule has 6 heteroatoms. The summed E-state index contributed by atoms with van der Waals surface area (Å²) >= 11 is 0. The van der Waals surface area contributed by atoms with E-state index in [2.05, 4.69) is 10.1 Å². The van der Waals surface area contributed by atoms with E-state index < -0.39 is 18.1 Å². The van der Waals surface area contributed by atoms with E-state index in [1.807, 2.05) is 0 Å². The van der Waals surface area contributed by atoms with Crippen molar-refractivity contribution >= 4 is 17.8 Å². The van der Waals surface area contributed by atoms with Crippen LogP contribution in [0.2, 0.25) is 0 Å². The number of para-hydroxylation sites is 1. The largest absolute Gasteiger partial charge is 0.467 e. The van der Waals surface area contributed by atoms with Gasteiger partial charge in [0.25, 0.3) is 0 Å².